The highest BCUT2D eigenvalue weighted by molar-refractivity contribution is 6.37. The summed E-state index contributed by atoms with van der Waals surface area (Å²) in [5.41, 5.74) is 1.02. The number of para-hydroxylation sites is 2. The summed E-state index contributed by atoms with van der Waals surface area (Å²) in [5, 5.41) is 9.72. The van der Waals surface area contributed by atoms with Gasteiger partial charge in [-0.05, 0) is 31.2 Å². The van der Waals surface area contributed by atoms with Crippen LogP contribution >= 0.6 is 23.2 Å². The summed E-state index contributed by atoms with van der Waals surface area (Å²) >= 11 is 11.8. The van der Waals surface area contributed by atoms with Crippen molar-refractivity contribution >= 4 is 34.8 Å². The van der Waals surface area contributed by atoms with Gasteiger partial charge in [-0.15, -0.1) is 0 Å². The largest absolute Gasteiger partial charge is 0.505 e. The van der Waals surface area contributed by atoms with Gasteiger partial charge in [-0.1, -0.05) is 35.3 Å². The first kappa shape index (κ1) is 15.0. The summed E-state index contributed by atoms with van der Waals surface area (Å²) in [5.74, 6) is 0.187. The van der Waals surface area contributed by atoms with Crippen LogP contribution in [0.3, 0.4) is 0 Å². The van der Waals surface area contributed by atoms with E-state index in [0.717, 1.165) is 0 Å². The Labute approximate surface area is 137 Å². The van der Waals surface area contributed by atoms with Gasteiger partial charge in [0.05, 0.1) is 21.8 Å². The molecule has 1 aliphatic heterocycles. The zero-order chi connectivity index (χ0) is 15.9. The molecule has 6 heteroatoms. The van der Waals surface area contributed by atoms with Crippen LogP contribution in [-0.4, -0.2) is 23.7 Å². The molecule has 1 heterocycles. The number of rotatable bonds is 1. The first-order valence-corrected chi connectivity index (χ1v) is 7.48. The third-order valence-electron chi connectivity index (χ3n) is 3.53. The van der Waals surface area contributed by atoms with Crippen molar-refractivity contribution in [1.82, 2.24) is 0 Å². The van der Waals surface area contributed by atoms with Gasteiger partial charge in [0.2, 0.25) is 0 Å². The lowest BCUT2D eigenvalue weighted by atomic mass is 10.1. The molecule has 1 amide bonds. The minimum absolute atomic E-state index is 0.0463. The van der Waals surface area contributed by atoms with Gasteiger partial charge in [-0.3, -0.25) is 9.69 Å². The SMILES string of the molecule is CC1COc2ccccc2N1C(=O)c1cc(Cl)c(O)c(Cl)c1. The van der Waals surface area contributed by atoms with Crippen molar-refractivity contribution in [3.05, 3.63) is 52.0 Å². The molecule has 114 valence electrons. The van der Waals surface area contributed by atoms with Crippen molar-refractivity contribution < 1.29 is 14.6 Å². The Morgan fingerprint density at radius 1 is 1.27 bits per heavy atom. The quantitative estimate of drug-likeness (QED) is 0.851. The molecule has 2 aromatic carbocycles. The zero-order valence-electron chi connectivity index (χ0n) is 11.7. The number of hydrogen-bond donors (Lipinski definition) is 1. The van der Waals surface area contributed by atoms with Crippen LogP contribution in [0.15, 0.2) is 36.4 Å². The van der Waals surface area contributed by atoms with Crippen molar-refractivity contribution in [2.24, 2.45) is 0 Å². The van der Waals surface area contributed by atoms with E-state index in [9.17, 15) is 9.90 Å². The van der Waals surface area contributed by atoms with Crippen LogP contribution in [0.25, 0.3) is 0 Å². The fourth-order valence-corrected chi connectivity index (χ4v) is 2.93. The lowest BCUT2D eigenvalue weighted by Gasteiger charge is -2.35. The van der Waals surface area contributed by atoms with Crippen LogP contribution in [0, 0.1) is 0 Å². The Hall–Kier alpha value is -1.91. The summed E-state index contributed by atoms with van der Waals surface area (Å²) in [7, 11) is 0. The number of hydrogen-bond acceptors (Lipinski definition) is 3. The number of nitrogens with zero attached hydrogens (tertiary/aromatic N) is 1. The maximum Gasteiger partial charge on any atom is 0.258 e. The maximum absolute atomic E-state index is 12.9. The number of ether oxygens (including phenoxy) is 1. The molecule has 2 aromatic rings. The van der Waals surface area contributed by atoms with Gasteiger partial charge < -0.3 is 9.84 Å². The standard InChI is InChI=1S/C16H13Cl2NO3/c1-9-8-22-14-5-3-2-4-13(14)19(9)16(21)10-6-11(17)15(20)12(18)7-10/h2-7,9,20H,8H2,1H3. The van der Waals surface area contributed by atoms with Gasteiger partial charge in [-0.25, -0.2) is 0 Å². The van der Waals surface area contributed by atoms with Gasteiger partial charge in [-0.2, -0.15) is 0 Å². The van der Waals surface area contributed by atoms with Gasteiger partial charge in [0.25, 0.3) is 5.91 Å². The average Bonchev–Trinajstić information content (AvgIpc) is 2.51. The molecule has 0 saturated carbocycles. The van der Waals surface area contributed by atoms with Crippen LogP contribution in [0.2, 0.25) is 10.0 Å². The first-order chi connectivity index (χ1) is 10.5. The average molecular weight is 338 g/mol. The lowest BCUT2D eigenvalue weighted by molar-refractivity contribution is 0.0961. The molecule has 3 rings (SSSR count). The second-order valence-corrected chi connectivity index (χ2v) is 5.91. The van der Waals surface area contributed by atoms with Crippen LogP contribution in [0.5, 0.6) is 11.5 Å². The second kappa shape index (κ2) is 5.71. The van der Waals surface area contributed by atoms with Crippen LogP contribution in [-0.2, 0) is 0 Å². The molecule has 1 atom stereocenters. The van der Waals surface area contributed by atoms with E-state index < -0.39 is 0 Å². The number of benzene rings is 2. The molecule has 0 aliphatic carbocycles. The summed E-state index contributed by atoms with van der Waals surface area (Å²) < 4.78 is 5.63. The topological polar surface area (TPSA) is 49.8 Å². The number of phenols is 1. The van der Waals surface area contributed by atoms with E-state index in [1.54, 1.807) is 4.90 Å². The molecular formula is C16H13Cl2NO3. The summed E-state index contributed by atoms with van der Waals surface area (Å²) in [6.07, 6.45) is 0. The Morgan fingerprint density at radius 3 is 2.59 bits per heavy atom. The fraction of sp³-hybridized carbons (Fsp3) is 0.188. The number of halogens is 2. The molecule has 1 N–H and O–H groups in total. The van der Waals surface area contributed by atoms with Crippen molar-refractivity contribution in [1.29, 1.82) is 0 Å². The predicted molar refractivity (Wildman–Crippen MR) is 86.3 cm³/mol. The number of carbonyl (C=O) groups excluding carboxylic acids is 1. The molecular weight excluding hydrogens is 325 g/mol. The van der Waals surface area contributed by atoms with Crippen LogP contribution in [0.1, 0.15) is 17.3 Å². The Kier molecular flexibility index (Phi) is 3.89. The fourth-order valence-electron chi connectivity index (χ4n) is 2.44. The number of anilines is 1. The van der Waals surface area contributed by atoms with Crippen molar-refractivity contribution in [3.63, 3.8) is 0 Å². The van der Waals surface area contributed by atoms with E-state index in [2.05, 4.69) is 0 Å². The predicted octanol–water partition coefficient (Wildman–Crippen LogP) is 4.13. The smallest absolute Gasteiger partial charge is 0.258 e. The highest BCUT2D eigenvalue weighted by Crippen LogP contribution is 2.37. The normalized spacial score (nSPS) is 16.9. The molecule has 1 unspecified atom stereocenters. The summed E-state index contributed by atoms with van der Waals surface area (Å²) in [4.78, 5) is 14.5. The molecule has 4 nitrogen and oxygen atoms in total. The zero-order valence-corrected chi connectivity index (χ0v) is 13.2. The van der Waals surface area contributed by atoms with E-state index in [-0.39, 0.29) is 27.7 Å². The number of aromatic hydroxyl groups is 1. The number of carbonyl (C=O) groups is 1. The Morgan fingerprint density at radius 2 is 1.91 bits per heavy atom. The molecule has 0 radical (unpaired) electrons. The van der Waals surface area contributed by atoms with E-state index in [1.165, 1.54) is 12.1 Å². The van der Waals surface area contributed by atoms with Gasteiger partial charge >= 0.3 is 0 Å². The number of phenolic OH excluding ortho intramolecular Hbond substituents is 1. The van der Waals surface area contributed by atoms with Crippen molar-refractivity contribution in [3.8, 4) is 11.5 Å². The van der Waals surface area contributed by atoms with Crippen LogP contribution < -0.4 is 9.64 Å². The van der Waals surface area contributed by atoms with E-state index in [4.69, 9.17) is 27.9 Å². The minimum Gasteiger partial charge on any atom is -0.505 e. The molecule has 1 aliphatic rings. The molecule has 0 aromatic heterocycles. The van der Waals surface area contributed by atoms with Crippen molar-refractivity contribution in [2.45, 2.75) is 13.0 Å². The van der Waals surface area contributed by atoms with Gasteiger partial charge in [0.1, 0.15) is 12.4 Å². The Bertz CT molecular complexity index is 725. The number of amides is 1. The minimum atomic E-state index is -0.243. The van der Waals surface area contributed by atoms with E-state index >= 15 is 0 Å². The highest BCUT2D eigenvalue weighted by atomic mass is 35.5. The monoisotopic (exact) mass is 337 g/mol. The molecule has 0 fully saturated rings. The van der Waals surface area contributed by atoms with E-state index in [0.29, 0.717) is 23.6 Å². The van der Waals surface area contributed by atoms with Gasteiger partial charge in [0.15, 0.2) is 5.75 Å². The van der Waals surface area contributed by atoms with Crippen molar-refractivity contribution in [2.75, 3.05) is 11.5 Å². The third kappa shape index (κ3) is 2.49. The maximum atomic E-state index is 12.9. The molecule has 0 spiro atoms. The second-order valence-electron chi connectivity index (χ2n) is 5.09. The number of fused-ring (bicyclic) bond motifs is 1. The first-order valence-electron chi connectivity index (χ1n) is 6.72. The third-order valence-corrected chi connectivity index (χ3v) is 4.10. The Balaban J connectivity index is 2.05. The molecule has 22 heavy (non-hydrogen) atoms. The highest BCUT2D eigenvalue weighted by Gasteiger charge is 2.30. The lowest BCUT2D eigenvalue weighted by Crippen LogP contribution is -2.45. The van der Waals surface area contributed by atoms with E-state index in [1.807, 2.05) is 31.2 Å². The summed E-state index contributed by atoms with van der Waals surface area (Å²) in [6, 6.07) is 10.0. The molecule has 0 bridgehead atoms. The molecule has 0 saturated heterocycles. The van der Waals surface area contributed by atoms with Crippen LogP contribution in [0.4, 0.5) is 5.69 Å². The summed E-state index contributed by atoms with van der Waals surface area (Å²) in [6.45, 7) is 2.31. The van der Waals surface area contributed by atoms with Gasteiger partial charge in [0, 0.05) is 5.56 Å².